The highest BCUT2D eigenvalue weighted by Crippen LogP contribution is 2.17. The monoisotopic (exact) mass is 292 g/mol. The van der Waals surface area contributed by atoms with E-state index in [1.54, 1.807) is 24.3 Å². The molecule has 0 atom stereocenters. The molecule has 17 heavy (non-hydrogen) atoms. The van der Waals surface area contributed by atoms with Crippen molar-refractivity contribution in [1.29, 1.82) is 0 Å². The van der Waals surface area contributed by atoms with Gasteiger partial charge < -0.3 is 0 Å². The van der Waals surface area contributed by atoms with Crippen LogP contribution in [0.2, 0.25) is 0 Å². The number of carbonyl (C=O) groups excluding carboxylic acids is 1. The number of carbonyl (C=O) groups is 1. The van der Waals surface area contributed by atoms with Gasteiger partial charge in [-0.15, -0.1) is 0 Å². The van der Waals surface area contributed by atoms with Crippen LogP contribution in [0.5, 0.6) is 0 Å². The molecule has 2 aromatic carbocycles. The predicted octanol–water partition coefficient (Wildman–Crippen LogP) is 4.01. The Kier molecular flexibility index (Phi) is 3.69. The SMILES string of the molecule is O=C(Cc1ccc(Br)c(F)c1)c1ccccc1. The summed E-state index contributed by atoms with van der Waals surface area (Å²) in [4.78, 5) is 11.9. The van der Waals surface area contributed by atoms with Crippen LogP contribution >= 0.6 is 15.9 Å². The lowest BCUT2D eigenvalue weighted by Crippen LogP contribution is -2.03. The normalized spacial score (nSPS) is 10.2. The van der Waals surface area contributed by atoms with Gasteiger partial charge in [0, 0.05) is 12.0 Å². The Morgan fingerprint density at radius 2 is 1.82 bits per heavy atom. The van der Waals surface area contributed by atoms with E-state index in [2.05, 4.69) is 15.9 Å². The number of hydrogen-bond donors (Lipinski definition) is 0. The standard InChI is InChI=1S/C14H10BrFO/c15-12-7-6-10(8-13(12)16)9-14(17)11-4-2-1-3-5-11/h1-8H,9H2. The van der Waals surface area contributed by atoms with Crippen LogP contribution in [0.25, 0.3) is 0 Å². The summed E-state index contributed by atoms with van der Waals surface area (Å²) in [5.74, 6) is -0.351. The smallest absolute Gasteiger partial charge is 0.167 e. The molecule has 0 aliphatic carbocycles. The van der Waals surface area contributed by atoms with Crippen molar-refractivity contribution in [3.8, 4) is 0 Å². The first-order chi connectivity index (χ1) is 8.16. The topological polar surface area (TPSA) is 17.1 Å². The Bertz CT molecular complexity index is 537. The van der Waals surface area contributed by atoms with Gasteiger partial charge in [-0.2, -0.15) is 0 Å². The molecular formula is C14H10BrFO. The van der Waals surface area contributed by atoms with Crippen molar-refractivity contribution >= 4 is 21.7 Å². The maximum atomic E-state index is 13.3. The average Bonchev–Trinajstić information content (AvgIpc) is 2.35. The van der Waals surface area contributed by atoms with Crippen molar-refractivity contribution in [3.05, 3.63) is 69.9 Å². The first-order valence-corrected chi connectivity index (χ1v) is 5.98. The molecule has 2 rings (SSSR count). The molecule has 0 amide bonds. The minimum atomic E-state index is -0.344. The van der Waals surface area contributed by atoms with Gasteiger partial charge in [-0.1, -0.05) is 36.4 Å². The maximum absolute atomic E-state index is 13.3. The van der Waals surface area contributed by atoms with Gasteiger partial charge in [-0.05, 0) is 33.6 Å². The number of benzene rings is 2. The second-order valence-electron chi connectivity index (χ2n) is 3.71. The van der Waals surface area contributed by atoms with Crippen molar-refractivity contribution < 1.29 is 9.18 Å². The van der Waals surface area contributed by atoms with Gasteiger partial charge in [0.1, 0.15) is 5.82 Å². The molecule has 1 nitrogen and oxygen atoms in total. The van der Waals surface area contributed by atoms with Crippen LogP contribution in [0.1, 0.15) is 15.9 Å². The third kappa shape index (κ3) is 3.01. The lowest BCUT2D eigenvalue weighted by molar-refractivity contribution is 0.0993. The lowest BCUT2D eigenvalue weighted by Gasteiger charge is -2.02. The van der Waals surface area contributed by atoms with E-state index < -0.39 is 0 Å². The van der Waals surface area contributed by atoms with Crippen LogP contribution in [0.3, 0.4) is 0 Å². The molecule has 0 spiro atoms. The van der Waals surface area contributed by atoms with Gasteiger partial charge in [0.25, 0.3) is 0 Å². The van der Waals surface area contributed by atoms with Crippen molar-refractivity contribution in [2.24, 2.45) is 0 Å². The van der Waals surface area contributed by atoms with Crippen LogP contribution in [0, 0.1) is 5.82 Å². The minimum Gasteiger partial charge on any atom is -0.294 e. The van der Waals surface area contributed by atoms with Gasteiger partial charge in [0.15, 0.2) is 5.78 Å². The van der Waals surface area contributed by atoms with E-state index in [-0.39, 0.29) is 18.0 Å². The van der Waals surface area contributed by atoms with Gasteiger partial charge in [0.05, 0.1) is 4.47 Å². The molecule has 0 aliphatic heterocycles. The maximum Gasteiger partial charge on any atom is 0.167 e. The number of hydrogen-bond acceptors (Lipinski definition) is 1. The quantitative estimate of drug-likeness (QED) is 0.781. The Labute approximate surface area is 107 Å². The molecular weight excluding hydrogens is 283 g/mol. The molecule has 2 aromatic rings. The lowest BCUT2D eigenvalue weighted by atomic mass is 10.0. The zero-order valence-electron chi connectivity index (χ0n) is 8.99. The van der Waals surface area contributed by atoms with Crippen LogP contribution in [0.4, 0.5) is 4.39 Å². The molecule has 0 aliphatic rings. The number of Topliss-reactive ketones (excluding diaryl/α,β-unsaturated/α-hetero) is 1. The van der Waals surface area contributed by atoms with E-state index in [0.717, 1.165) is 0 Å². The van der Waals surface area contributed by atoms with Crippen molar-refractivity contribution in [1.82, 2.24) is 0 Å². The zero-order chi connectivity index (χ0) is 12.3. The zero-order valence-corrected chi connectivity index (χ0v) is 10.6. The highest BCUT2D eigenvalue weighted by Gasteiger charge is 2.08. The molecule has 3 heteroatoms. The van der Waals surface area contributed by atoms with Gasteiger partial charge >= 0.3 is 0 Å². The van der Waals surface area contributed by atoms with Crippen molar-refractivity contribution in [2.45, 2.75) is 6.42 Å². The van der Waals surface area contributed by atoms with E-state index in [1.807, 2.05) is 18.2 Å². The molecule has 0 radical (unpaired) electrons. The minimum absolute atomic E-state index is 0.00711. The second-order valence-corrected chi connectivity index (χ2v) is 4.57. The first-order valence-electron chi connectivity index (χ1n) is 5.19. The highest BCUT2D eigenvalue weighted by molar-refractivity contribution is 9.10. The Morgan fingerprint density at radius 3 is 2.47 bits per heavy atom. The van der Waals surface area contributed by atoms with Gasteiger partial charge in [-0.25, -0.2) is 4.39 Å². The largest absolute Gasteiger partial charge is 0.294 e. The van der Waals surface area contributed by atoms with E-state index in [1.165, 1.54) is 6.07 Å². The molecule has 0 aromatic heterocycles. The molecule has 0 N–H and O–H groups in total. The Hall–Kier alpha value is -1.48. The Balaban J connectivity index is 2.16. The second kappa shape index (κ2) is 5.23. The van der Waals surface area contributed by atoms with Crippen LogP contribution in [0.15, 0.2) is 53.0 Å². The fraction of sp³-hybridized carbons (Fsp3) is 0.0714. The molecule has 0 unspecified atom stereocenters. The third-order valence-corrected chi connectivity index (χ3v) is 3.09. The summed E-state index contributed by atoms with van der Waals surface area (Å²) in [5, 5.41) is 0. The molecule has 0 heterocycles. The summed E-state index contributed by atoms with van der Waals surface area (Å²) >= 11 is 3.08. The highest BCUT2D eigenvalue weighted by atomic mass is 79.9. The summed E-state index contributed by atoms with van der Waals surface area (Å²) in [5.41, 5.74) is 1.33. The molecule has 0 bridgehead atoms. The van der Waals surface area contributed by atoms with Crippen molar-refractivity contribution in [2.75, 3.05) is 0 Å². The number of rotatable bonds is 3. The summed E-state index contributed by atoms with van der Waals surface area (Å²) in [6.45, 7) is 0. The molecule has 0 fully saturated rings. The van der Waals surface area contributed by atoms with E-state index in [4.69, 9.17) is 0 Å². The molecule has 86 valence electrons. The van der Waals surface area contributed by atoms with Crippen LogP contribution in [-0.4, -0.2) is 5.78 Å². The Morgan fingerprint density at radius 1 is 1.12 bits per heavy atom. The van der Waals surface area contributed by atoms with Crippen LogP contribution in [-0.2, 0) is 6.42 Å². The average molecular weight is 293 g/mol. The molecule has 0 saturated heterocycles. The van der Waals surface area contributed by atoms with E-state index in [9.17, 15) is 9.18 Å². The third-order valence-electron chi connectivity index (χ3n) is 2.44. The van der Waals surface area contributed by atoms with Gasteiger partial charge in [0.2, 0.25) is 0 Å². The number of halogens is 2. The van der Waals surface area contributed by atoms with Crippen molar-refractivity contribution in [3.63, 3.8) is 0 Å². The fourth-order valence-corrected chi connectivity index (χ4v) is 1.81. The molecule has 0 saturated carbocycles. The summed E-state index contributed by atoms with van der Waals surface area (Å²) in [7, 11) is 0. The summed E-state index contributed by atoms with van der Waals surface area (Å²) in [6.07, 6.45) is 0.216. The predicted molar refractivity (Wildman–Crippen MR) is 68.6 cm³/mol. The summed E-state index contributed by atoms with van der Waals surface area (Å²) in [6, 6.07) is 13.7. The van der Waals surface area contributed by atoms with E-state index in [0.29, 0.717) is 15.6 Å². The van der Waals surface area contributed by atoms with Gasteiger partial charge in [-0.3, -0.25) is 4.79 Å². The van der Waals surface area contributed by atoms with E-state index >= 15 is 0 Å². The number of ketones is 1. The van der Waals surface area contributed by atoms with Crippen LogP contribution < -0.4 is 0 Å². The first kappa shape index (κ1) is 12.0. The fourth-order valence-electron chi connectivity index (χ4n) is 1.56. The summed E-state index contributed by atoms with van der Waals surface area (Å²) < 4.78 is 13.7.